The van der Waals surface area contributed by atoms with Crippen molar-refractivity contribution in [1.29, 1.82) is 0 Å². The predicted molar refractivity (Wildman–Crippen MR) is 168 cm³/mol. The van der Waals surface area contributed by atoms with Gasteiger partial charge < -0.3 is 40.5 Å². The van der Waals surface area contributed by atoms with Gasteiger partial charge in [-0.2, -0.15) is 0 Å². The van der Waals surface area contributed by atoms with Gasteiger partial charge in [0.15, 0.2) is 5.78 Å². The van der Waals surface area contributed by atoms with E-state index in [0.29, 0.717) is 38.1 Å². The smallest absolute Gasteiger partial charge is 0.163 e. The Hall–Kier alpha value is -2.53. The summed E-state index contributed by atoms with van der Waals surface area (Å²) in [6.45, 7) is 13.7. The maximum Gasteiger partial charge on any atom is 0.163 e. The molecule has 6 N–H and O–H groups in total. The Morgan fingerprint density at radius 3 is 1.84 bits per heavy atom. The molecule has 1 unspecified atom stereocenters. The van der Waals surface area contributed by atoms with E-state index in [9.17, 15) is 25.2 Å². The molecular weight excluding hydrogens is 548 g/mol. The lowest BCUT2D eigenvalue weighted by Gasteiger charge is -2.28. The highest BCUT2D eigenvalue weighted by molar-refractivity contribution is 5.99. The molecule has 0 heterocycles. The average Bonchev–Trinajstić information content (AvgIpc) is 2.93. The standard InChI is InChI=1S/C17H27NO4.C17H25NO3/c1-17(2,3)18-9-12(19)10-22-16-6-4-5-11-7-14(20)15(21)8-13(11)16;1-17(2,3)18-10-12(19)11-21-16-9-5-6-13-14(16)7-4-8-15(13)20/h4-6,12,14-15,18-21H,7-10H2,1-3H3;5-6,9,12,18-19H,4,7-8,10-11H2,1-3H3/t12?,14-,15+;12-/m10/s1. The van der Waals surface area contributed by atoms with Gasteiger partial charge in [-0.25, -0.2) is 0 Å². The third kappa shape index (κ3) is 11.5. The summed E-state index contributed by atoms with van der Waals surface area (Å²) in [7, 11) is 0. The minimum absolute atomic E-state index is 0.0285. The van der Waals surface area contributed by atoms with Gasteiger partial charge in [-0.15, -0.1) is 0 Å². The van der Waals surface area contributed by atoms with Crippen LogP contribution < -0.4 is 20.1 Å². The van der Waals surface area contributed by atoms with Crippen molar-refractivity contribution in [3.8, 4) is 11.5 Å². The van der Waals surface area contributed by atoms with Crippen molar-refractivity contribution in [2.24, 2.45) is 0 Å². The molecule has 0 aliphatic heterocycles. The van der Waals surface area contributed by atoms with Crippen molar-refractivity contribution in [1.82, 2.24) is 10.6 Å². The van der Waals surface area contributed by atoms with Crippen LogP contribution in [0.1, 0.15) is 81.4 Å². The minimum atomic E-state index is -0.760. The first-order chi connectivity index (χ1) is 20.1. The lowest BCUT2D eigenvalue weighted by atomic mass is 9.87. The Morgan fingerprint density at radius 1 is 0.767 bits per heavy atom. The van der Waals surface area contributed by atoms with Crippen LogP contribution >= 0.6 is 0 Å². The van der Waals surface area contributed by atoms with E-state index in [1.807, 2.05) is 57.2 Å². The number of aliphatic hydroxyl groups excluding tert-OH is 4. The number of hydrogen-bond acceptors (Lipinski definition) is 9. The molecule has 9 nitrogen and oxygen atoms in total. The maximum absolute atomic E-state index is 11.9. The second kappa shape index (κ2) is 15.5. The topological polar surface area (TPSA) is 141 Å². The highest BCUT2D eigenvalue weighted by atomic mass is 16.5. The average molecular weight is 601 g/mol. The summed E-state index contributed by atoms with van der Waals surface area (Å²) in [4.78, 5) is 11.9. The van der Waals surface area contributed by atoms with Crippen LogP contribution in [0, 0.1) is 0 Å². The van der Waals surface area contributed by atoms with Crippen molar-refractivity contribution in [2.75, 3.05) is 26.3 Å². The number of β-amino-alcohol motifs (C(OH)–C–C–N with tert-alkyl or cyclic N) is 2. The molecular formula is C34H52N2O7. The number of carbonyl (C=O) groups is 1. The SMILES string of the molecule is CC(C)(C)NCC(O)COc1cccc2c1C[C@H](O)[C@H](O)C2.CC(C)(C)NC[C@H](O)COc1cccc2c1CCCC2=O. The molecule has 2 aromatic carbocycles. The molecule has 4 rings (SSSR count). The van der Waals surface area contributed by atoms with Crippen LogP contribution in [0.2, 0.25) is 0 Å². The van der Waals surface area contributed by atoms with Gasteiger partial charge in [0.25, 0.3) is 0 Å². The molecule has 2 aromatic rings. The van der Waals surface area contributed by atoms with Gasteiger partial charge in [0.1, 0.15) is 36.9 Å². The van der Waals surface area contributed by atoms with E-state index < -0.39 is 24.4 Å². The number of nitrogens with one attached hydrogen (secondary N) is 2. The second-order valence-corrected chi connectivity index (χ2v) is 13.7. The lowest BCUT2D eigenvalue weighted by molar-refractivity contribution is 0.0132. The summed E-state index contributed by atoms with van der Waals surface area (Å²) in [6, 6.07) is 11.2. The number of Topliss-reactive ketones (excluding diaryl/α,β-unsaturated/α-hetero) is 1. The molecule has 0 saturated carbocycles. The second-order valence-electron chi connectivity index (χ2n) is 13.7. The quantitative estimate of drug-likeness (QED) is 0.243. The lowest BCUT2D eigenvalue weighted by Crippen LogP contribution is -2.42. The van der Waals surface area contributed by atoms with Crippen LogP contribution in [0.15, 0.2) is 36.4 Å². The molecule has 9 heteroatoms. The Bertz CT molecular complexity index is 1190. The normalized spacial score (nSPS) is 19.8. The highest BCUT2D eigenvalue weighted by Crippen LogP contribution is 2.31. The zero-order chi connectivity index (χ0) is 31.8. The summed E-state index contributed by atoms with van der Waals surface area (Å²) >= 11 is 0. The summed E-state index contributed by atoms with van der Waals surface area (Å²) in [5.74, 6) is 1.60. The van der Waals surface area contributed by atoms with Gasteiger partial charge in [0, 0.05) is 60.1 Å². The molecule has 0 aromatic heterocycles. The van der Waals surface area contributed by atoms with Crippen LogP contribution in [0.5, 0.6) is 11.5 Å². The number of ketones is 1. The number of aliphatic hydroxyl groups is 4. The number of hydrogen-bond donors (Lipinski definition) is 6. The van der Waals surface area contributed by atoms with Crippen molar-refractivity contribution in [3.05, 3.63) is 58.7 Å². The van der Waals surface area contributed by atoms with Crippen LogP contribution in [-0.4, -0.2) is 88.0 Å². The zero-order valence-electron chi connectivity index (χ0n) is 26.7. The number of benzene rings is 2. The van der Waals surface area contributed by atoms with E-state index in [-0.39, 0.29) is 30.1 Å². The van der Waals surface area contributed by atoms with E-state index >= 15 is 0 Å². The van der Waals surface area contributed by atoms with Crippen molar-refractivity contribution in [2.45, 2.75) is 109 Å². The number of ether oxygens (including phenoxy) is 2. The molecule has 0 spiro atoms. The fraction of sp³-hybridized carbons (Fsp3) is 0.618. The van der Waals surface area contributed by atoms with Crippen molar-refractivity contribution >= 4 is 5.78 Å². The summed E-state index contributed by atoms with van der Waals surface area (Å²) in [5, 5.41) is 46.0. The third-order valence-electron chi connectivity index (χ3n) is 7.38. The fourth-order valence-electron chi connectivity index (χ4n) is 4.99. The first-order valence-electron chi connectivity index (χ1n) is 15.4. The molecule has 2 aliphatic rings. The monoisotopic (exact) mass is 600 g/mol. The van der Waals surface area contributed by atoms with Gasteiger partial charge in [-0.3, -0.25) is 4.79 Å². The molecule has 0 amide bonds. The largest absolute Gasteiger partial charge is 0.491 e. The van der Waals surface area contributed by atoms with Crippen LogP contribution in [0.3, 0.4) is 0 Å². The first-order valence-corrected chi connectivity index (χ1v) is 15.4. The Labute approximate surface area is 256 Å². The Kier molecular flexibility index (Phi) is 12.6. The van der Waals surface area contributed by atoms with Crippen molar-refractivity contribution in [3.63, 3.8) is 0 Å². The maximum atomic E-state index is 11.9. The predicted octanol–water partition coefficient (Wildman–Crippen LogP) is 2.97. The molecule has 4 atom stereocenters. The molecule has 43 heavy (non-hydrogen) atoms. The molecule has 0 saturated heterocycles. The molecule has 0 bridgehead atoms. The zero-order valence-corrected chi connectivity index (χ0v) is 26.7. The van der Waals surface area contributed by atoms with E-state index in [2.05, 4.69) is 31.4 Å². The first kappa shape index (κ1) is 35.0. The molecule has 0 fully saturated rings. The van der Waals surface area contributed by atoms with Crippen molar-refractivity contribution < 1.29 is 34.7 Å². The Morgan fingerprint density at radius 2 is 1.28 bits per heavy atom. The van der Waals surface area contributed by atoms with Crippen LogP contribution in [0.25, 0.3) is 0 Å². The number of carbonyl (C=O) groups excluding carboxylic acids is 1. The van der Waals surface area contributed by atoms with E-state index in [0.717, 1.165) is 40.8 Å². The molecule has 240 valence electrons. The highest BCUT2D eigenvalue weighted by Gasteiger charge is 2.27. The van der Waals surface area contributed by atoms with E-state index in [1.165, 1.54) is 0 Å². The van der Waals surface area contributed by atoms with Crippen LogP contribution in [0.4, 0.5) is 0 Å². The van der Waals surface area contributed by atoms with Gasteiger partial charge in [-0.05, 0) is 72.1 Å². The van der Waals surface area contributed by atoms with Gasteiger partial charge >= 0.3 is 0 Å². The van der Waals surface area contributed by atoms with Crippen LogP contribution in [-0.2, 0) is 19.3 Å². The Balaban J connectivity index is 0.000000236. The molecule has 0 radical (unpaired) electrons. The molecule has 2 aliphatic carbocycles. The van der Waals surface area contributed by atoms with Gasteiger partial charge in [0.05, 0.1) is 12.2 Å². The van der Waals surface area contributed by atoms with E-state index in [4.69, 9.17) is 9.47 Å². The fourth-order valence-corrected chi connectivity index (χ4v) is 4.99. The number of rotatable bonds is 10. The number of fused-ring (bicyclic) bond motifs is 2. The summed E-state index contributed by atoms with van der Waals surface area (Å²) in [6.07, 6.45) is 0.524. The van der Waals surface area contributed by atoms with Gasteiger partial charge in [-0.1, -0.05) is 24.3 Å². The van der Waals surface area contributed by atoms with E-state index in [1.54, 1.807) is 0 Å². The summed E-state index contributed by atoms with van der Waals surface area (Å²) < 4.78 is 11.5. The van der Waals surface area contributed by atoms with Gasteiger partial charge in [0.2, 0.25) is 0 Å². The third-order valence-corrected chi connectivity index (χ3v) is 7.38. The summed E-state index contributed by atoms with van der Waals surface area (Å²) in [5.41, 5.74) is 3.62. The minimum Gasteiger partial charge on any atom is -0.491 e.